The fraction of sp³-hybridized carbons (Fsp3) is 0.278. The lowest BCUT2D eigenvalue weighted by Crippen LogP contribution is -2.47. The molecule has 2 aliphatic rings. The summed E-state index contributed by atoms with van der Waals surface area (Å²) in [7, 11) is 2.15. The first-order valence-electron chi connectivity index (χ1n) is 15.6. The zero-order valence-corrected chi connectivity index (χ0v) is 25.8. The number of aromatic nitrogens is 1. The second-order valence-corrected chi connectivity index (χ2v) is 11.8. The van der Waals surface area contributed by atoms with Crippen molar-refractivity contribution in [1.29, 1.82) is 0 Å². The number of para-hydroxylation sites is 1. The highest BCUT2D eigenvalue weighted by atomic mass is 16.5. The van der Waals surface area contributed by atoms with Gasteiger partial charge in [-0.3, -0.25) is 24.6 Å². The van der Waals surface area contributed by atoms with Crippen LogP contribution in [0.5, 0.6) is 11.5 Å². The Bertz CT molecular complexity index is 1690. The number of primary amides is 1. The van der Waals surface area contributed by atoms with Gasteiger partial charge in [0.05, 0.1) is 11.3 Å². The Hall–Kier alpha value is -5.22. The van der Waals surface area contributed by atoms with Crippen LogP contribution in [0.1, 0.15) is 41.6 Å². The van der Waals surface area contributed by atoms with E-state index in [4.69, 9.17) is 15.5 Å². The highest BCUT2D eigenvalue weighted by molar-refractivity contribution is 6.01. The van der Waals surface area contributed by atoms with Crippen molar-refractivity contribution in [2.45, 2.75) is 44.3 Å². The minimum atomic E-state index is -0.515. The minimum absolute atomic E-state index is 0.217. The number of ether oxygens (including phenoxy) is 1. The summed E-state index contributed by atoms with van der Waals surface area (Å²) in [5.41, 5.74) is 9.52. The fourth-order valence-corrected chi connectivity index (χ4v) is 6.04. The molecule has 236 valence electrons. The summed E-state index contributed by atoms with van der Waals surface area (Å²) >= 11 is 0. The van der Waals surface area contributed by atoms with Crippen molar-refractivity contribution in [3.8, 4) is 22.8 Å². The Morgan fingerprint density at radius 1 is 0.935 bits per heavy atom. The van der Waals surface area contributed by atoms with E-state index >= 15 is 0 Å². The van der Waals surface area contributed by atoms with Crippen LogP contribution in [0, 0.1) is 0 Å². The van der Waals surface area contributed by atoms with Crippen molar-refractivity contribution in [2.24, 2.45) is 5.73 Å². The molecule has 10 nitrogen and oxygen atoms in total. The first kappa shape index (κ1) is 30.8. The number of pyridine rings is 1. The summed E-state index contributed by atoms with van der Waals surface area (Å²) in [5.74, 6) is 1.26. The van der Waals surface area contributed by atoms with Crippen molar-refractivity contribution in [3.05, 3.63) is 102 Å². The molecule has 4 aromatic rings. The number of hydrogen-bond acceptors (Lipinski definition) is 8. The van der Waals surface area contributed by atoms with E-state index in [1.165, 1.54) is 5.56 Å². The van der Waals surface area contributed by atoms with Crippen LogP contribution in [0.15, 0.2) is 91.0 Å². The number of nitrogens with two attached hydrogens (primary N) is 1. The van der Waals surface area contributed by atoms with Gasteiger partial charge in [-0.25, -0.2) is 4.98 Å². The molecule has 2 aliphatic heterocycles. The number of nitrogens with one attached hydrogen (secondary N) is 2. The van der Waals surface area contributed by atoms with E-state index in [2.05, 4.69) is 39.6 Å². The monoisotopic (exact) mass is 618 g/mol. The number of imide groups is 1. The molecule has 0 spiro atoms. The molecule has 3 heterocycles. The van der Waals surface area contributed by atoms with Crippen LogP contribution < -0.4 is 26.0 Å². The van der Waals surface area contributed by atoms with E-state index in [1.807, 2.05) is 72.8 Å². The summed E-state index contributed by atoms with van der Waals surface area (Å²) in [6.07, 6.45) is 2.80. The first-order chi connectivity index (χ1) is 22.3. The molecule has 2 saturated heterocycles. The van der Waals surface area contributed by atoms with Crippen molar-refractivity contribution in [1.82, 2.24) is 15.2 Å². The molecule has 1 atom stereocenters. The average molecular weight is 619 g/mol. The molecule has 0 radical (unpaired) electrons. The quantitative estimate of drug-likeness (QED) is 0.213. The molecule has 46 heavy (non-hydrogen) atoms. The number of carbonyl (C=O) groups is 3. The van der Waals surface area contributed by atoms with E-state index < -0.39 is 11.9 Å². The second-order valence-electron chi connectivity index (χ2n) is 11.8. The van der Waals surface area contributed by atoms with Crippen LogP contribution in [0.4, 0.5) is 11.5 Å². The van der Waals surface area contributed by atoms with Crippen molar-refractivity contribution in [2.75, 3.05) is 30.4 Å². The highest BCUT2D eigenvalue weighted by Crippen LogP contribution is 2.30. The molecule has 3 aromatic carbocycles. The largest absolute Gasteiger partial charge is 0.457 e. The topological polar surface area (TPSA) is 130 Å². The molecule has 2 fully saturated rings. The zero-order chi connectivity index (χ0) is 32.0. The van der Waals surface area contributed by atoms with E-state index in [9.17, 15) is 14.4 Å². The van der Waals surface area contributed by atoms with Gasteiger partial charge < -0.3 is 20.7 Å². The van der Waals surface area contributed by atoms with Gasteiger partial charge in [0.15, 0.2) is 0 Å². The number of rotatable bonds is 10. The van der Waals surface area contributed by atoms with Gasteiger partial charge in [0.1, 0.15) is 23.4 Å². The SMILES string of the molecule is CN(Cc1ccc(NC2CCC(=O)NC2=O)cc1)C1CCN(c2ccc(C(N)=O)c(-c3ccc(Oc4ccccc4)cc3)n2)CC1. The van der Waals surface area contributed by atoms with Crippen LogP contribution in [-0.4, -0.2) is 59.8 Å². The summed E-state index contributed by atoms with van der Waals surface area (Å²) in [4.78, 5) is 45.3. The Morgan fingerprint density at radius 2 is 1.63 bits per heavy atom. The average Bonchev–Trinajstić information content (AvgIpc) is 3.07. The number of amides is 3. The van der Waals surface area contributed by atoms with Gasteiger partial charge in [0, 0.05) is 43.3 Å². The second kappa shape index (κ2) is 13.8. The molecule has 4 N–H and O–H groups in total. The Kier molecular flexibility index (Phi) is 9.25. The number of anilines is 2. The lowest BCUT2D eigenvalue weighted by atomic mass is 10.0. The number of piperidine rings is 2. The summed E-state index contributed by atoms with van der Waals surface area (Å²) in [6.45, 7) is 2.50. The normalized spacial score (nSPS) is 17.1. The minimum Gasteiger partial charge on any atom is -0.457 e. The van der Waals surface area contributed by atoms with E-state index in [0.717, 1.165) is 55.3 Å². The van der Waals surface area contributed by atoms with Crippen LogP contribution in [0.3, 0.4) is 0 Å². The summed E-state index contributed by atoms with van der Waals surface area (Å²) < 4.78 is 5.92. The Balaban J connectivity index is 1.05. The molecule has 0 bridgehead atoms. The third-order valence-corrected chi connectivity index (χ3v) is 8.63. The van der Waals surface area contributed by atoms with Gasteiger partial charge in [-0.2, -0.15) is 0 Å². The molecular formula is C36H38N6O4. The molecule has 1 aromatic heterocycles. The predicted molar refractivity (Wildman–Crippen MR) is 178 cm³/mol. The summed E-state index contributed by atoms with van der Waals surface area (Å²) in [6, 6.07) is 28.9. The number of carbonyl (C=O) groups excluding carboxylic acids is 3. The maximum absolute atomic E-state index is 12.3. The standard InChI is InChI=1S/C36H38N6O4/c1-41(23-24-7-11-26(12-8-24)38-31-16-18-33(43)40-36(31)45)27-19-21-42(22-20-27)32-17-15-30(35(37)44)34(39-32)25-9-13-29(14-10-25)46-28-5-3-2-4-6-28/h2-15,17,27,31,38H,16,18-23H2,1H3,(H2,37,44)(H,40,43,45). The summed E-state index contributed by atoms with van der Waals surface area (Å²) in [5, 5.41) is 5.62. The molecule has 0 saturated carbocycles. The highest BCUT2D eigenvalue weighted by Gasteiger charge is 2.27. The van der Waals surface area contributed by atoms with E-state index in [1.54, 1.807) is 6.07 Å². The maximum Gasteiger partial charge on any atom is 0.250 e. The zero-order valence-electron chi connectivity index (χ0n) is 25.8. The third-order valence-electron chi connectivity index (χ3n) is 8.63. The Labute approximate surface area is 268 Å². The van der Waals surface area contributed by atoms with E-state index in [0.29, 0.717) is 35.9 Å². The van der Waals surface area contributed by atoms with Gasteiger partial charge >= 0.3 is 0 Å². The molecule has 0 aliphatic carbocycles. The van der Waals surface area contributed by atoms with Crippen LogP contribution in [0.25, 0.3) is 11.3 Å². The first-order valence-corrected chi connectivity index (χ1v) is 15.6. The molecular weight excluding hydrogens is 580 g/mol. The molecule has 10 heteroatoms. The Morgan fingerprint density at radius 3 is 2.30 bits per heavy atom. The van der Waals surface area contributed by atoms with Crippen LogP contribution in [-0.2, 0) is 16.1 Å². The van der Waals surface area contributed by atoms with Crippen molar-refractivity contribution >= 4 is 29.2 Å². The lowest BCUT2D eigenvalue weighted by Gasteiger charge is -2.37. The van der Waals surface area contributed by atoms with Gasteiger partial charge in [0.2, 0.25) is 11.8 Å². The number of nitrogens with zero attached hydrogens (tertiary/aromatic N) is 3. The van der Waals surface area contributed by atoms with Gasteiger partial charge in [-0.15, -0.1) is 0 Å². The number of hydrogen-bond donors (Lipinski definition) is 3. The maximum atomic E-state index is 12.3. The predicted octanol–water partition coefficient (Wildman–Crippen LogP) is 4.96. The molecule has 1 unspecified atom stereocenters. The fourth-order valence-electron chi connectivity index (χ4n) is 6.04. The van der Waals surface area contributed by atoms with Gasteiger partial charge in [-0.05, 0) is 92.5 Å². The van der Waals surface area contributed by atoms with Gasteiger partial charge in [-0.1, -0.05) is 30.3 Å². The number of benzene rings is 3. The van der Waals surface area contributed by atoms with Gasteiger partial charge in [0.25, 0.3) is 5.91 Å². The van der Waals surface area contributed by atoms with Crippen LogP contribution >= 0.6 is 0 Å². The van der Waals surface area contributed by atoms with Crippen molar-refractivity contribution in [3.63, 3.8) is 0 Å². The van der Waals surface area contributed by atoms with Crippen molar-refractivity contribution < 1.29 is 19.1 Å². The smallest absolute Gasteiger partial charge is 0.250 e. The van der Waals surface area contributed by atoms with E-state index in [-0.39, 0.29) is 11.8 Å². The third kappa shape index (κ3) is 7.35. The lowest BCUT2D eigenvalue weighted by molar-refractivity contribution is -0.133. The molecule has 6 rings (SSSR count). The van der Waals surface area contributed by atoms with Crippen LogP contribution in [0.2, 0.25) is 0 Å². The molecule has 3 amide bonds.